The van der Waals surface area contributed by atoms with E-state index in [1.807, 2.05) is 0 Å². The van der Waals surface area contributed by atoms with Crippen LogP contribution in [0.3, 0.4) is 0 Å². The molecule has 1 atom stereocenters. The van der Waals surface area contributed by atoms with Gasteiger partial charge in [0.15, 0.2) is 0 Å². The van der Waals surface area contributed by atoms with Crippen LogP contribution in [0, 0.1) is 5.92 Å². The topological polar surface area (TPSA) is 84.1 Å². The third-order valence-corrected chi connectivity index (χ3v) is 4.77. The maximum absolute atomic E-state index is 12.2. The summed E-state index contributed by atoms with van der Waals surface area (Å²) < 4.78 is 0. The van der Waals surface area contributed by atoms with Crippen molar-refractivity contribution in [2.45, 2.75) is 6.42 Å². The van der Waals surface area contributed by atoms with Crippen LogP contribution >= 0.6 is 11.3 Å². The molecule has 6 nitrogen and oxygen atoms in total. The second kappa shape index (κ2) is 5.34. The summed E-state index contributed by atoms with van der Waals surface area (Å²) in [5.74, 6) is 0.416. The van der Waals surface area contributed by atoms with Crippen LogP contribution < -0.4 is 11.1 Å². The Labute approximate surface area is 121 Å². The van der Waals surface area contributed by atoms with E-state index in [2.05, 4.69) is 27.5 Å². The van der Waals surface area contributed by atoms with Crippen LogP contribution in [0.25, 0.3) is 10.2 Å². The van der Waals surface area contributed by atoms with Gasteiger partial charge in [0.2, 0.25) is 0 Å². The van der Waals surface area contributed by atoms with Crippen molar-refractivity contribution < 1.29 is 4.79 Å². The number of anilines is 1. The van der Waals surface area contributed by atoms with Crippen LogP contribution in [0.4, 0.5) is 5.69 Å². The Morgan fingerprint density at radius 1 is 1.65 bits per heavy atom. The number of carbonyl (C=O) groups excluding carboxylic acids is 1. The van der Waals surface area contributed by atoms with Crippen molar-refractivity contribution in [2.75, 3.05) is 32.4 Å². The van der Waals surface area contributed by atoms with Crippen LogP contribution in [0.5, 0.6) is 0 Å². The number of hydrogen-bond donors (Lipinski definition) is 2. The highest BCUT2D eigenvalue weighted by Crippen LogP contribution is 2.31. The molecule has 1 aliphatic rings. The molecule has 3 rings (SSSR count). The lowest BCUT2D eigenvalue weighted by Gasteiger charge is -2.11. The van der Waals surface area contributed by atoms with Gasteiger partial charge < -0.3 is 16.0 Å². The Hall–Kier alpha value is -1.73. The molecule has 0 aliphatic carbocycles. The molecule has 2 aromatic heterocycles. The SMILES string of the molecule is CN1CCC(CNC(=O)c2sc3nnccc3c2N)C1. The lowest BCUT2D eigenvalue weighted by Crippen LogP contribution is -2.30. The Bertz CT molecular complexity index is 641. The molecule has 2 aromatic rings. The van der Waals surface area contributed by atoms with Crippen LogP contribution in [0.1, 0.15) is 16.1 Å². The zero-order valence-electron chi connectivity index (χ0n) is 11.3. The summed E-state index contributed by atoms with van der Waals surface area (Å²) in [4.78, 5) is 15.7. The number of nitrogen functional groups attached to an aromatic ring is 1. The number of amides is 1. The summed E-state index contributed by atoms with van der Waals surface area (Å²) in [6.07, 6.45) is 2.71. The Balaban J connectivity index is 1.71. The van der Waals surface area contributed by atoms with E-state index in [0.29, 0.717) is 27.9 Å². The minimum Gasteiger partial charge on any atom is -0.397 e. The van der Waals surface area contributed by atoms with E-state index in [-0.39, 0.29) is 5.91 Å². The number of hydrogen-bond acceptors (Lipinski definition) is 6. The first kappa shape index (κ1) is 13.3. The van der Waals surface area contributed by atoms with Crippen LogP contribution in [-0.4, -0.2) is 47.7 Å². The normalized spacial score (nSPS) is 19.6. The monoisotopic (exact) mass is 291 g/mol. The maximum atomic E-state index is 12.2. The van der Waals surface area contributed by atoms with Gasteiger partial charge in [-0.1, -0.05) is 0 Å². The number of nitrogens with one attached hydrogen (secondary N) is 1. The lowest BCUT2D eigenvalue weighted by molar-refractivity contribution is 0.0952. The highest BCUT2D eigenvalue weighted by molar-refractivity contribution is 7.21. The average molecular weight is 291 g/mol. The number of nitrogens with zero attached hydrogens (tertiary/aromatic N) is 3. The summed E-state index contributed by atoms with van der Waals surface area (Å²) in [6, 6.07) is 1.79. The molecule has 3 N–H and O–H groups in total. The number of fused-ring (bicyclic) bond motifs is 1. The minimum absolute atomic E-state index is 0.111. The largest absolute Gasteiger partial charge is 0.397 e. The van der Waals surface area contributed by atoms with E-state index in [4.69, 9.17) is 5.73 Å². The van der Waals surface area contributed by atoms with Crippen LogP contribution in [0.2, 0.25) is 0 Å². The fraction of sp³-hybridized carbons (Fsp3) is 0.462. The highest BCUT2D eigenvalue weighted by Gasteiger charge is 2.22. The molecule has 0 radical (unpaired) electrons. The summed E-state index contributed by atoms with van der Waals surface area (Å²) >= 11 is 1.29. The van der Waals surface area contributed by atoms with Crippen molar-refractivity contribution in [1.29, 1.82) is 0 Å². The van der Waals surface area contributed by atoms with Crippen LogP contribution in [-0.2, 0) is 0 Å². The van der Waals surface area contributed by atoms with Gasteiger partial charge in [0.1, 0.15) is 9.71 Å². The van der Waals surface area contributed by atoms with Gasteiger partial charge >= 0.3 is 0 Å². The molecule has 106 valence electrons. The third kappa shape index (κ3) is 2.46. The van der Waals surface area contributed by atoms with Gasteiger partial charge in [-0.3, -0.25) is 4.79 Å². The van der Waals surface area contributed by atoms with Crippen molar-refractivity contribution in [2.24, 2.45) is 5.92 Å². The van der Waals surface area contributed by atoms with Gasteiger partial charge in [-0.25, -0.2) is 0 Å². The smallest absolute Gasteiger partial charge is 0.263 e. The first-order chi connectivity index (χ1) is 9.65. The van der Waals surface area contributed by atoms with Crippen molar-refractivity contribution in [3.8, 4) is 0 Å². The van der Waals surface area contributed by atoms with Gasteiger partial charge in [-0.05, 0) is 32.0 Å². The number of nitrogens with two attached hydrogens (primary N) is 1. The summed E-state index contributed by atoms with van der Waals surface area (Å²) in [5.41, 5.74) is 6.52. The van der Waals surface area contributed by atoms with E-state index in [1.54, 1.807) is 12.3 Å². The summed E-state index contributed by atoms with van der Waals surface area (Å²) in [5, 5.41) is 11.6. The molecule has 20 heavy (non-hydrogen) atoms. The number of thiophene rings is 1. The number of aromatic nitrogens is 2. The van der Waals surface area contributed by atoms with Gasteiger partial charge in [-0.15, -0.1) is 16.4 Å². The van der Waals surface area contributed by atoms with Gasteiger partial charge in [-0.2, -0.15) is 5.10 Å². The second-order valence-electron chi connectivity index (χ2n) is 5.22. The summed E-state index contributed by atoms with van der Waals surface area (Å²) in [7, 11) is 2.10. The minimum atomic E-state index is -0.111. The molecule has 1 saturated heterocycles. The third-order valence-electron chi connectivity index (χ3n) is 3.67. The molecule has 1 amide bonds. The van der Waals surface area contributed by atoms with Gasteiger partial charge in [0.05, 0.1) is 11.9 Å². The molecule has 0 bridgehead atoms. The van der Waals surface area contributed by atoms with Gasteiger partial charge in [0, 0.05) is 18.5 Å². The van der Waals surface area contributed by atoms with E-state index >= 15 is 0 Å². The molecule has 1 aliphatic heterocycles. The predicted molar refractivity (Wildman–Crippen MR) is 79.8 cm³/mol. The Morgan fingerprint density at radius 2 is 2.50 bits per heavy atom. The molecule has 0 spiro atoms. The van der Waals surface area contributed by atoms with Crippen molar-refractivity contribution in [1.82, 2.24) is 20.4 Å². The first-order valence-electron chi connectivity index (χ1n) is 6.61. The highest BCUT2D eigenvalue weighted by atomic mass is 32.1. The molecule has 3 heterocycles. The average Bonchev–Trinajstić information content (AvgIpc) is 3.01. The molecular formula is C13H17N5OS. The maximum Gasteiger partial charge on any atom is 0.263 e. The second-order valence-corrected chi connectivity index (χ2v) is 6.22. The molecular weight excluding hydrogens is 274 g/mol. The zero-order chi connectivity index (χ0) is 14.1. The van der Waals surface area contributed by atoms with E-state index in [9.17, 15) is 4.79 Å². The van der Waals surface area contributed by atoms with E-state index in [0.717, 1.165) is 24.9 Å². The molecule has 0 saturated carbocycles. The number of carbonyl (C=O) groups is 1. The van der Waals surface area contributed by atoms with Crippen molar-refractivity contribution in [3.05, 3.63) is 17.1 Å². The standard InChI is InChI=1S/C13H17N5OS/c1-18-5-3-8(7-18)6-15-12(19)11-10(14)9-2-4-16-17-13(9)20-11/h2,4,8H,3,5-7,14H2,1H3,(H,15,19). The Morgan fingerprint density at radius 3 is 3.20 bits per heavy atom. The van der Waals surface area contributed by atoms with E-state index < -0.39 is 0 Å². The first-order valence-corrected chi connectivity index (χ1v) is 7.43. The van der Waals surface area contributed by atoms with Crippen LogP contribution in [0.15, 0.2) is 12.3 Å². The molecule has 1 fully saturated rings. The fourth-order valence-corrected chi connectivity index (χ4v) is 3.51. The quantitative estimate of drug-likeness (QED) is 0.880. The van der Waals surface area contributed by atoms with Crippen molar-refractivity contribution >= 4 is 33.1 Å². The lowest BCUT2D eigenvalue weighted by atomic mass is 10.1. The predicted octanol–water partition coefficient (Wildman–Crippen LogP) is 0.955. The fourth-order valence-electron chi connectivity index (χ4n) is 2.55. The summed E-state index contributed by atoms with van der Waals surface area (Å²) in [6.45, 7) is 2.83. The molecule has 1 unspecified atom stereocenters. The van der Waals surface area contributed by atoms with Gasteiger partial charge in [0.25, 0.3) is 5.91 Å². The van der Waals surface area contributed by atoms with Crippen molar-refractivity contribution in [3.63, 3.8) is 0 Å². The molecule has 7 heteroatoms. The van der Waals surface area contributed by atoms with E-state index in [1.165, 1.54) is 11.3 Å². The number of rotatable bonds is 3. The Kier molecular flexibility index (Phi) is 3.54. The number of likely N-dealkylation sites (tertiary alicyclic amines) is 1. The molecule has 0 aromatic carbocycles. The zero-order valence-corrected chi connectivity index (χ0v) is 12.1.